The summed E-state index contributed by atoms with van der Waals surface area (Å²) in [5.41, 5.74) is -5.52. The molecule has 0 aliphatic heterocycles. The van der Waals surface area contributed by atoms with E-state index < -0.39 is 29.5 Å². The van der Waals surface area contributed by atoms with Gasteiger partial charge in [-0.3, -0.25) is 0 Å². The molecule has 0 aliphatic rings. The van der Waals surface area contributed by atoms with E-state index in [-0.39, 0.29) is 0 Å². The molecule has 0 heterocycles. The number of rotatable bonds is 5. The predicted octanol–water partition coefficient (Wildman–Crippen LogP) is 2.52. The first kappa shape index (κ1) is 19.7. The second-order valence-electron chi connectivity index (χ2n) is 5.59. The van der Waals surface area contributed by atoms with Crippen molar-refractivity contribution in [1.29, 1.82) is 0 Å². The van der Waals surface area contributed by atoms with E-state index in [1.807, 2.05) is 0 Å². The van der Waals surface area contributed by atoms with Gasteiger partial charge in [0.2, 0.25) is 0 Å². The fourth-order valence-electron chi connectivity index (χ4n) is 2.68. The van der Waals surface area contributed by atoms with Gasteiger partial charge in [0.15, 0.2) is 0 Å². The molecule has 0 bridgehead atoms. The molecule has 0 saturated heterocycles. The summed E-state index contributed by atoms with van der Waals surface area (Å²) in [6, 6.07) is 24.7. The topological polar surface area (TPSA) is 43.4 Å². The van der Waals surface area contributed by atoms with Crippen molar-refractivity contribution < 1.29 is 24.8 Å². The first-order chi connectivity index (χ1) is 12.8. The summed E-state index contributed by atoms with van der Waals surface area (Å²) in [7, 11) is -5.82. The van der Waals surface area contributed by atoms with E-state index in [2.05, 4.69) is 0 Å². The molecule has 0 saturated carbocycles. The molecule has 3 rings (SSSR count). The summed E-state index contributed by atoms with van der Waals surface area (Å²) < 4.78 is 70.3. The summed E-state index contributed by atoms with van der Waals surface area (Å²) in [5.74, 6) is 0. The van der Waals surface area contributed by atoms with E-state index in [9.17, 15) is 21.6 Å². The van der Waals surface area contributed by atoms with Crippen LogP contribution in [0.2, 0.25) is 0 Å². The third-order valence-corrected chi connectivity index (χ3v) is 13.9. The zero-order valence-corrected chi connectivity index (χ0v) is 16.6. The Balaban J connectivity index is 2.37. The van der Waals surface area contributed by atoms with Crippen LogP contribution in [-0.2, 0) is 13.3 Å². The summed E-state index contributed by atoms with van der Waals surface area (Å²) in [6.07, 6.45) is 0. The minimum absolute atomic E-state index is 0.431. The second kappa shape index (κ2) is 7.50. The van der Waals surface area contributed by atoms with Gasteiger partial charge in [0.05, 0.1) is 0 Å². The van der Waals surface area contributed by atoms with Gasteiger partial charge < -0.3 is 0 Å². The number of benzene rings is 3. The Kier molecular flexibility index (Phi) is 5.47. The molecule has 0 radical (unpaired) electrons. The standard InChI is InChI=1S/C19H15AsF3O3S/c21-19(22,23)27(24,25)26-20(16-10-4-1-5-11-16,17-12-6-2-7-13-17)18-14-8-3-9-15-18/h1-15H/q+1. The molecular weight excluding hydrogens is 440 g/mol. The summed E-state index contributed by atoms with van der Waals surface area (Å²) in [4.78, 5) is 0. The van der Waals surface area contributed by atoms with Crippen LogP contribution < -0.4 is 13.1 Å². The fourth-order valence-corrected chi connectivity index (χ4v) is 12.9. The normalized spacial score (nSPS) is 12.7. The SMILES string of the molecule is O=S(=O)(O[As+](c1ccccc1)(c1ccccc1)c1ccccc1)C(F)(F)F. The fraction of sp³-hybridized carbons (Fsp3) is 0.0526. The van der Waals surface area contributed by atoms with E-state index in [4.69, 9.17) is 3.17 Å². The molecule has 0 atom stereocenters. The molecule has 0 spiro atoms. The van der Waals surface area contributed by atoms with Crippen LogP contribution in [0.1, 0.15) is 0 Å². The zero-order valence-electron chi connectivity index (χ0n) is 13.9. The van der Waals surface area contributed by atoms with E-state index in [1.54, 1.807) is 91.0 Å². The van der Waals surface area contributed by atoms with Crippen LogP contribution in [0.25, 0.3) is 0 Å². The minimum atomic E-state index is -5.82. The third-order valence-electron chi connectivity index (χ3n) is 3.85. The van der Waals surface area contributed by atoms with Gasteiger partial charge in [-0.15, -0.1) is 0 Å². The molecule has 0 amide bonds. The molecule has 0 N–H and O–H groups in total. The first-order valence-electron chi connectivity index (χ1n) is 7.86. The summed E-state index contributed by atoms with van der Waals surface area (Å²) in [5, 5.41) is 0. The van der Waals surface area contributed by atoms with Crippen molar-refractivity contribution in [2.24, 2.45) is 0 Å². The Morgan fingerprint density at radius 3 is 1.19 bits per heavy atom. The van der Waals surface area contributed by atoms with Crippen molar-refractivity contribution >= 4 is 37.1 Å². The van der Waals surface area contributed by atoms with Crippen LogP contribution in [0.4, 0.5) is 13.2 Å². The Hall–Kier alpha value is -2.08. The Morgan fingerprint density at radius 1 is 0.630 bits per heavy atom. The molecule has 0 aromatic heterocycles. The summed E-state index contributed by atoms with van der Waals surface area (Å²) in [6.45, 7) is 0. The van der Waals surface area contributed by atoms with Crippen molar-refractivity contribution in [2.75, 3.05) is 0 Å². The molecule has 3 aromatic rings. The van der Waals surface area contributed by atoms with E-state index >= 15 is 0 Å². The van der Waals surface area contributed by atoms with E-state index in [1.165, 1.54) is 0 Å². The molecule has 3 nitrogen and oxygen atoms in total. The molecule has 0 fully saturated rings. The second-order valence-corrected chi connectivity index (χ2v) is 13.9. The van der Waals surface area contributed by atoms with E-state index in [0.717, 1.165) is 0 Å². The maximum absolute atomic E-state index is 13.2. The predicted molar refractivity (Wildman–Crippen MR) is 100 cm³/mol. The number of hydrogen-bond donors (Lipinski definition) is 0. The maximum atomic E-state index is 13.2. The van der Waals surface area contributed by atoms with Gasteiger partial charge in [0.25, 0.3) is 0 Å². The van der Waals surface area contributed by atoms with Crippen LogP contribution in [0.3, 0.4) is 0 Å². The molecule has 3 aromatic carbocycles. The Morgan fingerprint density at radius 2 is 0.926 bits per heavy atom. The van der Waals surface area contributed by atoms with Crippen molar-refractivity contribution in [2.45, 2.75) is 5.51 Å². The third kappa shape index (κ3) is 3.81. The Bertz CT molecular complexity index is 896. The van der Waals surface area contributed by atoms with Gasteiger partial charge in [0.1, 0.15) is 0 Å². The number of alkyl halides is 3. The monoisotopic (exact) mass is 455 g/mol. The average Bonchev–Trinajstić information content (AvgIpc) is 2.67. The number of hydrogen-bond acceptors (Lipinski definition) is 3. The molecular formula is C19H15AsF3O3S+. The van der Waals surface area contributed by atoms with Gasteiger partial charge in [-0.2, -0.15) is 0 Å². The van der Waals surface area contributed by atoms with Crippen molar-refractivity contribution in [3.05, 3.63) is 91.0 Å². The quantitative estimate of drug-likeness (QED) is 0.439. The average molecular weight is 455 g/mol. The molecule has 27 heavy (non-hydrogen) atoms. The van der Waals surface area contributed by atoms with Crippen LogP contribution >= 0.6 is 0 Å². The summed E-state index contributed by atoms with van der Waals surface area (Å²) >= 11 is -4.45. The van der Waals surface area contributed by atoms with Gasteiger partial charge >= 0.3 is 158 Å². The van der Waals surface area contributed by atoms with Crippen LogP contribution in [0, 0.1) is 0 Å². The van der Waals surface area contributed by atoms with Crippen molar-refractivity contribution in [3.8, 4) is 0 Å². The van der Waals surface area contributed by atoms with Gasteiger partial charge in [-0.05, 0) is 0 Å². The van der Waals surface area contributed by atoms with Crippen LogP contribution in [-0.4, -0.2) is 27.8 Å². The number of halogens is 3. The van der Waals surface area contributed by atoms with E-state index in [0.29, 0.717) is 13.1 Å². The molecule has 8 heteroatoms. The first-order valence-corrected chi connectivity index (χ1v) is 12.8. The zero-order chi connectivity index (χ0) is 19.5. The molecule has 140 valence electrons. The van der Waals surface area contributed by atoms with Crippen molar-refractivity contribution in [1.82, 2.24) is 0 Å². The molecule has 0 aliphatic carbocycles. The van der Waals surface area contributed by atoms with Crippen LogP contribution in [0.5, 0.6) is 0 Å². The molecule has 0 unspecified atom stereocenters. The van der Waals surface area contributed by atoms with Gasteiger partial charge in [0, 0.05) is 0 Å². The van der Waals surface area contributed by atoms with Gasteiger partial charge in [-0.25, -0.2) is 0 Å². The van der Waals surface area contributed by atoms with Gasteiger partial charge in [-0.1, -0.05) is 0 Å². The van der Waals surface area contributed by atoms with Crippen LogP contribution in [0.15, 0.2) is 91.0 Å². The Labute approximate surface area is 158 Å². The van der Waals surface area contributed by atoms with Crippen molar-refractivity contribution in [3.63, 3.8) is 0 Å².